The number of hydrogen-bond donors (Lipinski definition) is 2. The Hall–Kier alpha value is -0.405. The van der Waals surface area contributed by atoms with Crippen LogP contribution in [0.1, 0.15) is 0 Å². The molecule has 10 heavy (non-hydrogen) atoms. The van der Waals surface area contributed by atoms with Gasteiger partial charge in [0.15, 0.2) is 0 Å². The Morgan fingerprint density at radius 2 is 2.20 bits per heavy atom. The normalized spacial score (nSPS) is 15.5. The van der Waals surface area contributed by atoms with E-state index in [-0.39, 0.29) is 0 Å². The van der Waals surface area contributed by atoms with Gasteiger partial charge in [-0.15, -0.1) is 0 Å². The first-order valence-electron chi connectivity index (χ1n) is 2.73. The van der Waals surface area contributed by atoms with Gasteiger partial charge in [0.2, 0.25) is 0 Å². The molecule has 0 saturated heterocycles. The monoisotopic (exact) mass is 199 g/mol. The van der Waals surface area contributed by atoms with Gasteiger partial charge in [-0.25, -0.2) is 0 Å². The standard InChI is InChI=1S/C6H5BBrO2/c8-6-3-1-2-5(4-6)7(9)10/h1,3-4,9-10H/q+1. The van der Waals surface area contributed by atoms with Crippen LogP contribution in [0.3, 0.4) is 0 Å². The Balaban J connectivity index is 2.82. The van der Waals surface area contributed by atoms with Gasteiger partial charge in [0, 0.05) is 6.08 Å². The topological polar surface area (TPSA) is 40.5 Å². The molecule has 0 aromatic heterocycles. The zero-order valence-electron chi connectivity index (χ0n) is 5.08. The van der Waals surface area contributed by atoms with E-state index in [0.29, 0.717) is 5.47 Å². The fraction of sp³-hybridized carbons (Fsp3) is 0. The fourth-order valence-corrected chi connectivity index (χ4v) is 0.984. The summed E-state index contributed by atoms with van der Waals surface area (Å²) in [6.45, 7) is 0. The predicted molar refractivity (Wildman–Crippen MR) is 43.1 cm³/mol. The molecule has 0 atom stereocenters. The second kappa shape index (κ2) is 3.13. The summed E-state index contributed by atoms with van der Waals surface area (Å²) in [5.41, 5.74) is 0.370. The van der Waals surface area contributed by atoms with Gasteiger partial charge in [-0.2, -0.15) is 0 Å². The highest BCUT2D eigenvalue weighted by Gasteiger charge is 2.21. The van der Waals surface area contributed by atoms with Gasteiger partial charge in [-0.1, -0.05) is 0 Å². The van der Waals surface area contributed by atoms with Gasteiger partial charge in [0.05, 0.1) is 12.2 Å². The lowest BCUT2D eigenvalue weighted by molar-refractivity contribution is 0.420. The van der Waals surface area contributed by atoms with Crippen LogP contribution in [0, 0.1) is 6.08 Å². The molecule has 2 N–H and O–H groups in total. The molecule has 0 radical (unpaired) electrons. The van der Waals surface area contributed by atoms with Crippen LogP contribution in [0.25, 0.3) is 0 Å². The van der Waals surface area contributed by atoms with Crippen molar-refractivity contribution in [2.75, 3.05) is 0 Å². The molecule has 0 aliphatic heterocycles. The highest BCUT2D eigenvalue weighted by molar-refractivity contribution is 9.11. The molecule has 50 valence electrons. The quantitative estimate of drug-likeness (QED) is 0.479. The molecule has 0 spiro atoms. The Kier molecular flexibility index (Phi) is 2.41. The van der Waals surface area contributed by atoms with Crippen LogP contribution < -0.4 is 0 Å². The van der Waals surface area contributed by atoms with E-state index in [2.05, 4.69) is 22.0 Å². The number of rotatable bonds is 1. The predicted octanol–water partition coefficient (Wildman–Crippen LogP) is 0.577. The van der Waals surface area contributed by atoms with Gasteiger partial charge < -0.3 is 10.0 Å². The summed E-state index contributed by atoms with van der Waals surface area (Å²) >= 11 is 3.19. The Labute approximate surface area is 67.8 Å². The van der Waals surface area contributed by atoms with E-state index < -0.39 is 7.12 Å². The summed E-state index contributed by atoms with van der Waals surface area (Å²) in [5.74, 6) is 0. The van der Waals surface area contributed by atoms with Crippen molar-refractivity contribution in [1.82, 2.24) is 0 Å². The molecule has 0 aromatic rings. The third kappa shape index (κ3) is 1.79. The smallest absolute Gasteiger partial charge is 0.421 e. The van der Waals surface area contributed by atoms with Crippen LogP contribution in [0.15, 0.2) is 28.2 Å². The second-order valence-corrected chi connectivity index (χ2v) is 2.75. The van der Waals surface area contributed by atoms with Crippen molar-refractivity contribution in [1.29, 1.82) is 0 Å². The lowest BCUT2D eigenvalue weighted by Crippen LogP contribution is -2.14. The summed E-state index contributed by atoms with van der Waals surface area (Å²) in [6.07, 6.45) is 7.67. The third-order valence-corrected chi connectivity index (χ3v) is 1.56. The summed E-state index contributed by atoms with van der Waals surface area (Å²) < 4.78 is 0.814. The molecule has 0 bridgehead atoms. The van der Waals surface area contributed by atoms with Crippen LogP contribution in [-0.4, -0.2) is 17.2 Å². The van der Waals surface area contributed by atoms with Crippen LogP contribution >= 0.6 is 15.9 Å². The van der Waals surface area contributed by atoms with Gasteiger partial charge in [0.1, 0.15) is 16.0 Å². The number of hydrogen-bond acceptors (Lipinski definition) is 2. The van der Waals surface area contributed by atoms with Crippen molar-refractivity contribution in [2.24, 2.45) is 0 Å². The van der Waals surface area contributed by atoms with Crippen LogP contribution in [0.2, 0.25) is 0 Å². The Morgan fingerprint density at radius 3 is 2.60 bits per heavy atom. The molecule has 0 amide bonds. The van der Waals surface area contributed by atoms with Crippen molar-refractivity contribution in [3.63, 3.8) is 0 Å². The zero-order chi connectivity index (χ0) is 7.56. The maximum absolute atomic E-state index is 8.65. The number of halogens is 1. The zero-order valence-corrected chi connectivity index (χ0v) is 6.67. The molecular weight excluding hydrogens is 195 g/mol. The molecule has 0 saturated carbocycles. The second-order valence-electron chi connectivity index (χ2n) is 1.84. The van der Waals surface area contributed by atoms with Gasteiger partial charge in [-0.05, 0) is 15.9 Å². The number of allylic oxidation sites excluding steroid dienone is 6. The SMILES string of the molecule is OB(O)C1=[C+]C=CC(Br)=C1. The van der Waals surface area contributed by atoms with Crippen molar-refractivity contribution in [3.8, 4) is 0 Å². The van der Waals surface area contributed by atoms with Gasteiger partial charge in [0.25, 0.3) is 0 Å². The third-order valence-electron chi connectivity index (χ3n) is 1.06. The molecule has 0 aromatic carbocycles. The van der Waals surface area contributed by atoms with Gasteiger partial charge >= 0.3 is 7.12 Å². The first kappa shape index (κ1) is 7.70. The summed E-state index contributed by atoms with van der Waals surface area (Å²) in [6, 6.07) is 0. The van der Waals surface area contributed by atoms with E-state index in [1.165, 1.54) is 0 Å². The fourth-order valence-electron chi connectivity index (χ4n) is 0.605. The van der Waals surface area contributed by atoms with Crippen LogP contribution in [0.5, 0.6) is 0 Å². The average Bonchev–Trinajstić information content (AvgIpc) is 1.88. The highest BCUT2D eigenvalue weighted by Crippen LogP contribution is 2.15. The molecule has 1 aliphatic rings. The van der Waals surface area contributed by atoms with Crippen LogP contribution in [0.4, 0.5) is 0 Å². The highest BCUT2D eigenvalue weighted by atomic mass is 79.9. The molecule has 0 fully saturated rings. The molecule has 4 heteroatoms. The summed E-state index contributed by atoms with van der Waals surface area (Å²) in [5, 5.41) is 17.3. The van der Waals surface area contributed by atoms with Crippen molar-refractivity contribution in [2.45, 2.75) is 0 Å². The molecular formula is C6H5BBrO2+. The Bertz CT molecular complexity index is 218. The minimum atomic E-state index is -1.43. The lowest BCUT2D eigenvalue weighted by Gasteiger charge is -1.92. The van der Waals surface area contributed by atoms with Gasteiger partial charge in [-0.3, -0.25) is 0 Å². The average molecular weight is 200 g/mol. The largest absolute Gasteiger partial charge is 0.526 e. The molecule has 0 heterocycles. The maximum atomic E-state index is 8.65. The van der Waals surface area contributed by atoms with E-state index in [1.807, 2.05) is 0 Å². The molecule has 1 aliphatic carbocycles. The van der Waals surface area contributed by atoms with E-state index in [4.69, 9.17) is 10.0 Å². The van der Waals surface area contributed by atoms with E-state index in [9.17, 15) is 0 Å². The van der Waals surface area contributed by atoms with E-state index in [0.717, 1.165) is 4.48 Å². The maximum Gasteiger partial charge on any atom is 0.526 e. The minimum absolute atomic E-state index is 0.370. The molecule has 1 rings (SSSR count). The van der Waals surface area contributed by atoms with Crippen molar-refractivity contribution >= 4 is 23.0 Å². The first-order valence-corrected chi connectivity index (χ1v) is 3.53. The Morgan fingerprint density at radius 1 is 1.50 bits per heavy atom. The van der Waals surface area contributed by atoms with E-state index in [1.54, 1.807) is 18.2 Å². The molecule has 2 nitrogen and oxygen atoms in total. The summed E-state index contributed by atoms with van der Waals surface area (Å²) in [7, 11) is -1.43. The van der Waals surface area contributed by atoms with Crippen LogP contribution in [-0.2, 0) is 0 Å². The van der Waals surface area contributed by atoms with E-state index >= 15 is 0 Å². The van der Waals surface area contributed by atoms with Crippen molar-refractivity contribution < 1.29 is 10.0 Å². The minimum Gasteiger partial charge on any atom is -0.421 e. The van der Waals surface area contributed by atoms with Crippen molar-refractivity contribution in [3.05, 3.63) is 34.3 Å². The summed E-state index contributed by atoms with van der Waals surface area (Å²) in [4.78, 5) is 0. The lowest BCUT2D eigenvalue weighted by atomic mass is 9.78. The first-order chi connectivity index (χ1) is 4.70. The molecule has 0 unspecified atom stereocenters.